The number of benzene rings is 1. The first-order chi connectivity index (χ1) is 9.11. The zero-order valence-electron chi connectivity index (χ0n) is 10.7. The molecule has 0 aliphatic carbocycles. The first-order valence-corrected chi connectivity index (χ1v) is 7.99. The Morgan fingerprint density at radius 3 is 3.16 bits per heavy atom. The highest BCUT2D eigenvalue weighted by Gasteiger charge is 2.25. The van der Waals surface area contributed by atoms with Crippen LogP contribution >= 0.6 is 38.5 Å². The van der Waals surface area contributed by atoms with Gasteiger partial charge in [0.1, 0.15) is 0 Å². The van der Waals surface area contributed by atoms with Crippen LogP contribution in [0.25, 0.3) is 0 Å². The zero-order chi connectivity index (χ0) is 13.8. The molecule has 6 heteroatoms. The number of hydrogen-bond donors (Lipinski definition) is 1. The third-order valence-corrected chi connectivity index (χ3v) is 4.38. The van der Waals surface area contributed by atoms with Gasteiger partial charge >= 0.3 is 0 Å². The lowest BCUT2D eigenvalue weighted by atomic mass is 10.1. The van der Waals surface area contributed by atoms with Gasteiger partial charge in [-0.05, 0) is 63.8 Å². The molecule has 1 heterocycles. The van der Waals surface area contributed by atoms with E-state index in [1.807, 2.05) is 30.1 Å². The summed E-state index contributed by atoms with van der Waals surface area (Å²) in [5.74, 6) is 0.0646. The van der Waals surface area contributed by atoms with E-state index >= 15 is 0 Å². The number of nitrogens with zero attached hydrogens (tertiary/aromatic N) is 1. The van der Waals surface area contributed by atoms with Crippen molar-refractivity contribution in [3.63, 3.8) is 0 Å². The highest BCUT2D eigenvalue weighted by atomic mass is 127. The lowest BCUT2D eigenvalue weighted by Crippen LogP contribution is -2.48. The van der Waals surface area contributed by atoms with Crippen LogP contribution in [0.3, 0.4) is 0 Å². The SMILES string of the molecule is CNCC1CN(C(=O)c2cc(I)ccc2Br)CCO1. The minimum atomic E-state index is 0.0646. The average Bonchev–Trinajstić information content (AvgIpc) is 2.41. The van der Waals surface area contributed by atoms with Gasteiger partial charge in [0, 0.05) is 27.7 Å². The highest BCUT2D eigenvalue weighted by molar-refractivity contribution is 14.1. The van der Waals surface area contributed by atoms with E-state index in [0.29, 0.717) is 19.7 Å². The minimum absolute atomic E-state index is 0.0646. The van der Waals surface area contributed by atoms with Crippen LogP contribution in [0.5, 0.6) is 0 Å². The van der Waals surface area contributed by atoms with Crippen molar-refractivity contribution in [2.75, 3.05) is 33.3 Å². The molecule has 104 valence electrons. The molecule has 1 unspecified atom stereocenters. The Morgan fingerprint density at radius 1 is 1.63 bits per heavy atom. The van der Waals surface area contributed by atoms with Crippen molar-refractivity contribution in [2.45, 2.75) is 6.10 Å². The fraction of sp³-hybridized carbons (Fsp3) is 0.462. The zero-order valence-corrected chi connectivity index (χ0v) is 14.4. The molecule has 1 atom stereocenters. The highest BCUT2D eigenvalue weighted by Crippen LogP contribution is 2.22. The summed E-state index contributed by atoms with van der Waals surface area (Å²) in [5.41, 5.74) is 0.719. The van der Waals surface area contributed by atoms with Gasteiger partial charge in [0.05, 0.1) is 18.3 Å². The number of hydrogen-bond acceptors (Lipinski definition) is 3. The fourth-order valence-corrected chi connectivity index (χ4v) is 2.99. The Morgan fingerprint density at radius 2 is 2.42 bits per heavy atom. The largest absolute Gasteiger partial charge is 0.373 e. The quantitative estimate of drug-likeness (QED) is 0.735. The second-order valence-corrected chi connectivity index (χ2v) is 6.53. The molecule has 1 saturated heterocycles. The van der Waals surface area contributed by atoms with Gasteiger partial charge in [-0.3, -0.25) is 4.79 Å². The summed E-state index contributed by atoms with van der Waals surface area (Å²) in [4.78, 5) is 14.4. The molecule has 1 aliphatic heterocycles. The molecule has 4 nitrogen and oxygen atoms in total. The van der Waals surface area contributed by atoms with Crippen molar-refractivity contribution in [1.29, 1.82) is 0 Å². The lowest BCUT2D eigenvalue weighted by Gasteiger charge is -2.33. The molecule has 1 aliphatic rings. The number of carbonyl (C=O) groups excluding carboxylic acids is 1. The maximum Gasteiger partial charge on any atom is 0.255 e. The predicted molar refractivity (Wildman–Crippen MR) is 86.4 cm³/mol. The van der Waals surface area contributed by atoms with Crippen LogP contribution in [-0.2, 0) is 4.74 Å². The van der Waals surface area contributed by atoms with E-state index in [1.54, 1.807) is 0 Å². The van der Waals surface area contributed by atoms with E-state index in [1.165, 1.54) is 0 Å². The van der Waals surface area contributed by atoms with Gasteiger partial charge in [0.2, 0.25) is 0 Å². The third kappa shape index (κ3) is 3.90. The number of morpholine rings is 1. The van der Waals surface area contributed by atoms with Gasteiger partial charge < -0.3 is 15.0 Å². The first-order valence-electron chi connectivity index (χ1n) is 6.12. The number of rotatable bonds is 3. The molecular weight excluding hydrogens is 423 g/mol. The van der Waals surface area contributed by atoms with E-state index in [0.717, 1.165) is 20.2 Å². The molecule has 1 aromatic carbocycles. The molecule has 0 bridgehead atoms. The number of nitrogens with one attached hydrogen (secondary N) is 1. The van der Waals surface area contributed by atoms with E-state index < -0.39 is 0 Å². The van der Waals surface area contributed by atoms with E-state index in [9.17, 15) is 4.79 Å². The van der Waals surface area contributed by atoms with Gasteiger partial charge in [-0.2, -0.15) is 0 Å². The normalized spacial score (nSPS) is 19.5. The summed E-state index contributed by atoms with van der Waals surface area (Å²) in [6.07, 6.45) is 0.0734. The Hall–Kier alpha value is -0.180. The van der Waals surface area contributed by atoms with Crippen LogP contribution in [0, 0.1) is 3.57 Å². The molecule has 0 radical (unpaired) electrons. The van der Waals surface area contributed by atoms with Crippen LogP contribution < -0.4 is 5.32 Å². The molecule has 1 fully saturated rings. The summed E-state index contributed by atoms with van der Waals surface area (Å²) >= 11 is 5.67. The van der Waals surface area contributed by atoms with E-state index in [4.69, 9.17) is 4.74 Å². The Labute approximate surface area is 135 Å². The van der Waals surface area contributed by atoms with Crippen molar-refractivity contribution in [3.8, 4) is 0 Å². The Kier molecular flexibility index (Phi) is 5.61. The van der Waals surface area contributed by atoms with E-state index in [-0.39, 0.29) is 12.0 Å². The number of likely N-dealkylation sites (N-methyl/N-ethyl adjacent to an activating group) is 1. The molecule has 1 N–H and O–H groups in total. The summed E-state index contributed by atoms with van der Waals surface area (Å²) in [6.45, 7) is 2.64. The molecule has 19 heavy (non-hydrogen) atoms. The first kappa shape index (κ1) is 15.2. The van der Waals surface area contributed by atoms with Crippen LogP contribution in [0.1, 0.15) is 10.4 Å². The van der Waals surface area contributed by atoms with Crippen molar-refractivity contribution in [2.24, 2.45) is 0 Å². The molecule has 0 aromatic heterocycles. The third-order valence-electron chi connectivity index (χ3n) is 3.02. The maximum absolute atomic E-state index is 12.5. The maximum atomic E-state index is 12.5. The monoisotopic (exact) mass is 438 g/mol. The van der Waals surface area contributed by atoms with Crippen molar-refractivity contribution < 1.29 is 9.53 Å². The summed E-state index contributed by atoms with van der Waals surface area (Å²) in [5, 5.41) is 3.08. The van der Waals surface area contributed by atoms with Crippen LogP contribution in [0.2, 0.25) is 0 Å². The molecule has 1 aromatic rings. The lowest BCUT2D eigenvalue weighted by molar-refractivity contribution is -0.0196. The van der Waals surface area contributed by atoms with Gasteiger partial charge in [0.25, 0.3) is 5.91 Å². The van der Waals surface area contributed by atoms with Gasteiger partial charge in [-0.25, -0.2) is 0 Å². The topological polar surface area (TPSA) is 41.6 Å². The van der Waals surface area contributed by atoms with Crippen LogP contribution in [0.15, 0.2) is 22.7 Å². The molecule has 0 spiro atoms. The molecule has 2 rings (SSSR count). The second kappa shape index (κ2) is 7.01. The number of carbonyl (C=O) groups is 1. The van der Waals surface area contributed by atoms with Gasteiger partial charge in [0.15, 0.2) is 0 Å². The summed E-state index contributed by atoms with van der Waals surface area (Å²) in [7, 11) is 1.89. The number of amides is 1. The van der Waals surface area contributed by atoms with Crippen molar-refractivity contribution in [1.82, 2.24) is 10.2 Å². The van der Waals surface area contributed by atoms with Crippen molar-refractivity contribution in [3.05, 3.63) is 31.8 Å². The average molecular weight is 439 g/mol. The second-order valence-electron chi connectivity index (χ2n) is 4.43. The molecular formula is C13H16BrIN2O2. The number of halogens is 2. The smallest absolute Gasteiger partial charge is 0.255 e. The van der Waals surface area contributed by atoms with E-state index in [2.05, 4.69) is 43.8 Å². The molecule has 0 saturated carbocycles. The Bertz CT molecular complexity index is 468. The predicted octanol–water partition coefficient (Wildman–Crippen LogP) is 2.11. The van der Waals surface area contributed by atoms with Gasteiger partial charge in [-0.15, -0.1) is 0 Å². The number of ether oxygens (including phenoxy) is 1. The summed E-state index contributed by atoms with van der Waals surface area (Å²) in [6, 6.07) is 5.81. The van der Waals surface area contributed by atoms with Gasteiger partial charge in [-0.1, -0.05) is 0 Å². The minimum Gasteiger partial charge on any atom is -0.373 e. The Balaban J connectivity index is 2.12. The molecule has 1 amide bonds. The fourth-order valence-electron chi connectivity index (χ4n) is 2.09. The standard InChI is InChI=1S/C13H16BrIN2O2/c1-16-7-10-8-17(4-5-19-10)13(18)11-6-9(15)2-3-12(11)14/h2-3,6,10,16H,4-5,7-8H2,1H3. The van der Waals surface area contributed by atoms with Crippen LogP contribution in [-0.4, -0.2) is 50.2 Å². The summed E-state index contributed by atoms with van der Waals surface area (Å²) < 4.78 is 7.52. The van der Waals surface area contributed by atoms with Crippen molar-refractivity contribution >= 4 is 44.4 Å². The van der Waals surface area contributed by atoms with Crippen LogP contribution in [0.4, 0.5) is 0 Å².